The molecule has 0 spiro atoms. The molecule has 2 aliphatic rings. The molecule has 2 aromatic rings. The van der Waals surface area contributed by atoms with Crippen LogP contribution in [0, 0.1) is 5.92 Å². The molecule has 0 aromatic heterocycles. The third-order valence-corrected chi connectivity index (χ3v) is 8.79. The zero-order valence-corrected chi connectivity index (χ0v) is 19.4. The van der Waals surface area contributed by atoms with Gasteiger partial charge in [-0.05, 0) is 62.1 Å². The van der Waals surface area contributed by atoms with E-state index in [0.29, 0.717) is 42.3 Å². The lowest BCUT2D eigenvalue weighted by atomic mass is 9.95. The molecule has 0 atom stereocenters. The highest BCUT2D eigenvalue weighted by molar-refractivity contribution is 7.92. The molecular weight excluding hydrogens is 440 g/mol. The fraction of sp³-hybridized carbons (Fsp3) is 0.440. The average Bonchev–Trinajstić information content (AvgIpc) is 3.40. The SMILES string of the molecule is O=C(Nc1ccc(S(=O)(=O)C2CCCC2)cc1)C1CCN(C(=O)COc2ccccc2)CC1. The minimum Gasteiger partial charge on any atom is -0.484 e. The fourth-order valence-electron chi connectivity index (χ4n) is 4.51. The molecule has 1 aliphatic heterocycles. The lowest BCUT2D eigenvalue weighted by Gasteiger charge is -2.31. The second kappa shape index (κ2) is 10.4. The second-order valence-electron chi connectivity index (χ2n) is 8.72. The molecule has 33 heavy (non-hydrogen) atoms. The molecule has 0 radical (unpaired) electrons. The third kappa shape index (κ3) is 5.74. The zero-order chi connectivity index (χ0) is 23.3. The maximum atomic E-state index is 12.7. The number of sulfone groups is 1. The zero-order valence-electron chi connectivity index (χ0n) is 18.6. The van der Waals surface area contributed by atoms with Crippen molar-refractivity contribution in [3.63, 3.8) is 0 Å². The van der Waals surface area contributed by atoms with Gasteiger partial charge in [-0.3, -0.25) is 9.59 Å². The largest absolute Gasteiger partial charge is 0.484 e. The summed E-state index contributed by atoms with van der Waals surface area (Å²) in [6.07, 6.45) is 4.53. The summed E-state index contributed by atoms with van der Waals surface area (Å²) in [5.41, 5.74) is 0.583. The second-order valence-corrected chi connectivity index (χ2v) is 10.9. The highest BCUT2D eigenvalue weighted by atomic mass is 32.2. The van der Waals surface area contributed by atoms with Gasteiger partial charge in [0.2, 0.25) is 5.91 Å². The quantitative estimate of drug-likeness (QED) is 0.667. The summed E-state index contributed by atoms with van der Waals surface area (Å²) in [5.74, 6) is 0.277. The monoisotopic (exact) mass is 470 g/mol. The summed E-state index contributed by atoms with van der Waals surface area (Å²) >= 11 is 0. The Bertz CT molecular complexity index is 1060. The van der Waals surface area contributed by atoms with Crippen LogP contribution >= 0.6 is 0 Å². The summed E-state index contributed by atoms with van der Waals surface area (Å²) in [4.78, 5) is 27.1. The molecule has 1 saturated carbocycles. The maximum absolute atomic E-state index is 12.7. The number of rotatable bonds is 7. The molecule has 0 bridgehead atoms. The predicted octanol–water partition coefficient (Wildman–Crippen LogP) is 3.66. The van der Waals surface area contributed by atoms with E-state index in [4.69, 9.17) is 4.74 Å². The van der Waals surface area contributed by atoms with Crippen molar-refractivity contribution in [2.24, 2.45) is 5.92 Å². The van der Waals surface area contributed by atoms with E-state index in [2.05, 4.69) is 5.32 Å². The van der Waals surface area contributed by atoms with Gasteiger partial charge in [0.25, 0.3) is 5.91 Å². The maximum Gasteiger partial charge on any atom is 0.260 e. The Hall–Kier alpha value is -2.87. The van der Waals surface area contributed by atoms with Gasteiger partial charge in [-0.25, -0.2) is 8.42 Å². The van der Waals surface area contributed by atoms with Crippen molar-refractivity contribution in [1.82, 2.24) is 4.90 Å². The molecule has 1 heterocycles. The van der Waals surface area contributed by atoms with E-state index in [9.17, 15) is 18.0 Å². The van der Waals surface area contributed by atoms with Crippen molar-refractivity contribution in [3.8, 4) is 5.75 Å². The Labute approximate surface area is 195 Å². The van der Waals surface area contributed by atoms with Crippen LogP contribution in [-0.2, 0) is 19.4 Å². The van der Waals surface area contributed by atoms with Crippen LogP contribution in [-0.4, -0.2) is 50.1 Å². The Balaban J connectivity index is 1.25. The molecular formula is C25H30N2O5S. The third-order valence-electron chi connectivity index (χ3n) is 6.52. The Morgan fingerprint density at radius 3 is 2.18 bits per heavy atom. The number of para-hydroxylation sites is 1. The summed E-state index contributed by atoms with van der Waals surface area (Å²) in [6.45, 7) is 0.998. The summed E-state index contributed by atoms with van der Waals surface area (Å²) in [5, 5.41) is 2.60. The first-order valence-corrected chi connectivity index (χ1v) is 13.1. The number of nitrogens with one attached hydrogen (secondary N) is 1. The van der Waals surface area contributed by atoms with Crippen LogP contribution in [0.5, 0.6) is 5.75 Å². The van der Waals surface area contributed by atoms with Crippen LogP contribution in [0.25, 0.3) is 0 Å². The number of hydrogen-bond donors (Lipinski definition) is 1. The molecule has 2 amide bonds. The average molecular weight is 471 g/mol. The smallest absolute Gasteiger partial charge is 0.260 e. The van der Waals surface area contributed by atoms with Gasteiger partial charge in [-0.1, -0.05) is 31.0 Å². The highest BCUT2D eigenvalue weighted by Crippen LogP contribution is 2.30. The van der Waals surface area contributed by atoms with Crippen LogP contribution in [0.4, 0.5) is 5.69 Å². The first-order valence-electron chi connectivity index (χ1n) is 11.5. The highest BCUT2D eigenvalue weighted by Gasteiger charge is 2.30. The number of likely N-dealkylation sites (tertiary alicyclic amines) is 1. The number of carbonyl (C=O) groups is 2. The minimum absolute atomic E-state index is 0.0169. The van der Waals surface area contributed by atoms with E-state index in [1.807, 2.05) is 18.2 Å². The first-order chi connectivity index (χ1) is 15.9. The topological polar surface area (TPSA) is 92.8 Å². The summed E-state index contributed by atoms with van der Waals surface area (Å²) in [7, 11) is -3.30. The standard InChI is InChI=1S/C25H30N2O5S/c28-24(18-32-21-6-2-1-3-7-21)27-16-14-19(15-17-27)25(29)26-20-10-12-23(13-11-20)33(30,31)22-8-4-5-9-22/h1-3,6-7,10-13,19,22H,4-5,8-9,14-18H2,(H,26,29). The Morgan fingerprint density at radius 2 is 1.55 bits per heavy atom. The van der Waals surface area contributed by atoms with Crippen LogP contribution < -0.4 is 10.1 Å². The van der Waals surface area contributed by atoms with E-state index in [1.165, 1.54) is 0 Å². The van der Waals surface area contributed by atoms with Crippen molar-refractivity contribution < 1.29 is 22.7 Å². The van der Waals surface area contributed by atoms with Crippen LogP contribution in [0.15, 0.2) is 59.5 Å². The number of ether oxygens (including phenoxy) is 1. The molecule has 176 valence electrons. The van der Waals surface area contributed by atoms with E-state index in [-0.39, 0.29) is 29.6 Å². The van der Waals surface area contributed by atoms with Gasteiger partial charge in [0.1, 0.15) is 5.75 Å². The molecule has 4 rings (SSSR count). The fourth-order valence-corrected chi connectivity index (χ4v) is 6.36. The van der Waals surface area contributed by atoms with Gasteiger partial charge in [0.05, 0.1) is 10.1 Å². The summed E-state index contributed by atoms with van der Waals surface area (Å²) in [6, 6.07) is 15.7. The van der Waals surface area contributed by atoms with Crippen molar-refractivity contribution in [2.45, 2.75) is 48.7 Å². The van der Waals surface area contributed by atoms with Gasteiger partial charge in [-0.2, -0.15) is 0 Å². The Morgan fingerprint density at radius 1 is 0.909 bits per heavy atom. The minimum atomic E-state index is -3.30. The van der Waals surface area contributed by atoms with Gasteiger partial charge in [0.15, 0.2) is 16.4 Å². The lowest BCUT2D eigenvalue weighted by molar-refractivity contribution is -0.136. The van der Waals surface area contributed by atoms with Crippen LogP contribution in [0.1, 0.15) is 38.5 Å². The number of benzene rings is 2. The first kappa shape index (κ1) is 23.3. The van der Waals surface area contributed by atoms with Gasteiger partial charge < -0.3 is 15.0 Å². The van der Waals surface area contributed by atoms with E-state index in [1.54, 1.807) is 41.3 Å². The number of amides is 2. The van der Waals surface area contributed by atoms with Crippen molar-refractivity contribution >= 4 is 27.3 Å². The molecule has 1 saturated heterocycles. The van der Waals surface area contributed by atoms with Crippen molar-refractivity contribution in [3.05, 3.63) is 54.6 Å². The number of carbonyl (C=O) groups excluding carboxylic acids is 2. The van der Waals surface area contributed by atoms with Gasteiger partial charge >= 0.3 is 0 Å². The number of piperidine rings is 1. The number of anilines is 1. The van der Waals surface area contributed by atoms with E-state index >= 15 is 0 Å². The predicted molar refractivity (Wildman–Crippen MR) is 126 cm³/mol. The summed E-state index contributed by atoms with van der Waals surface area (Å²) < 4.78 is 30.9. The van der Waals surface area contributed by atoms with Crippen molar-refractivity contribution in [2.75, 3.05) is 25.0 Å². The molecule has 2 aromatic carbocycles. The molecule has 2 fully saturated rings. The van der Waals surface area contributed by atoms with Crippen LogP contribution in [0.2, 0.25) is 0 Å². The number of nitrogens with zero attached hydrogens (tertiary/aromatic N) is 1. The normalized spacial score (nSPS) is 17.6. The van der Waals surface area contributed by atoms with Gasteiger partial charge in [-0.15, -0.1) is 0 Å². The van der Waals surface area contributed by atoms with E-state index in [0.717, 1.165) is 25.7 Å². The van der Waals surface area contributed by atoms with Gasteiger partial charge in [0, 0.05) is 24.7 Å². The molecule has 8 heteroatoms. The Kier molecular flexibility index (Phi) is 7.33. The molecule has 0 unspecified atom stereocenters. The molecule has 7 nitrogen and oxygen atoms in total. The van der Waals surface area contributed by atoms with Crippen molar-refractivity contribution in [1.29, 1.82) is 0 Å². The van der Waals surface area contributed by atoms with Crippen LogP contribution in [0.3, 0.4) is 0 Å². The number of hydrogen-bond acceptors (Lipinski definition) is 5. The molecule has 1 N–H and O–H groups in total. The lowest BCUT2D eigenvalue weighted by Crippen LogP contribution is -2.43. The van der Waals surface area contributed by atoms with E-state index < -0.39 is 9.84 Å². The molecule has 1 aliphatic carbocycles.